The number of aromatic hydroxyl groups is 1. The monoisotopic (exact) mass is 399 g/mol. The molecular weight excluding hydrogens is 385 g/mol. The summed E-state index contributed by atoms with van der Waals surface area (Å²) < 4.78 is 15.9. The molecule has 7 heteroatoms. The summed E-state index contributed by atoms with van der Waals surface area (Å²) in [4.78, 5) is 6.48. The molecule has 2 aromatic carbocycles. The summed E-state index contributed by atoms with van der Waals surface area (Å²) in [6.07, 6.45) is 0. The number of hydrogen-bond acceptors (Lipinski definition) is 4. The van der Waals surface area contributed by atoms with E-state index in [1.807, 2.05) is 19.1 Å². The first-order valence-corrected chi connectivity index (χ1v) is 9.39. The SMILES string of the molecule is Cc1cc(-c2cccc(O)c2)sc1-c1nc(-c2c(F)cccc2Cl)nn1C. The summed E-state index contributed by atoms with van der Waals surface area (Å²) in [5, 5.41) is 14.4. The first-order chi connectivity index (χ1) is 12.9. The van der Waals surface area contributed by atoms with Crippen molar-refractivity contribution >= 4 is 22.9 Å². The second kappa shape index (κ2) is 6.79. The van der Waals surface area contributed by atoms with Gasteiger partial charge < -0.3 is 5.11 Å². The van der Waals surface area contributed by atoms with Gasteiger partial charge >= 0.3 is 0 Å². The Bertz CT molecular complexity index is 1130. The summed E-state index contributed by atoms with van der Waals surface area (Å²) in [5.74, 6) is 0.652. The Labute approximate surface area is 164 Å². The highest BCUT2D eigenvalue weighted by Gasteiger charge is 2.20. The van der Waals surface area contributed by atoms with E-state index in [2.05, 4.69) is 10.1 Å². The van der Waals surface area contributed by atoms with Gasteiger partial charge in [0.05, 0.1) is 15.5 Å². The number of halogens is 2. The van der Waals surface area contributed by atoms with Gasteiger partial charge in [-0.25, -0.2) is 14.1 Å². The van der Waals surface area contributed by atoms with Crippen LogP contribution in [0.4, 0.5) is 4.39 Å². The van der Waals surface area contributed by atoms with Crippen LogP contribution in [0.5, 0.6) is 5.75 Å². The topological polar surface area (TPSA) is 50.9 Å². The summed E-state index contributed by atoms with van der Waals surface area (Å²) in [6.45, 7) is 1.99. The van der Waals surface area contributed by atoms with E-state index >= 15 is 0 Å². The van der Waals surface area contributed by atoms with Crippen LogP contribution in [0, 0.1) is 12.7 Å². The predicted octanol–water partition coefficient (Wildman–Crippen LogP) is 5.68. The van der Waals surface area contributed by atoms with Crippen LogP contribution in [0.15, 0.2) is 48.5 Å². The van der Waals surface area contributed by atoms with Gasteiger partial charge in [-0.15, -0.1) is 11.3 Å². The zero-order valence-electron chi connectivity index (χ0n) is 14.6. The molecule has 0 atom stereocenters. The van der Waals surface area contributed by atoms with Gasteiger partial charge in [-0.05, 0) is 48.4 Å². The molecule has 4 rings (SSSR count). The molecule has 0 bridgehead atoms. The summed E-state index contributed by atoms with van der Waals surface area (Å²) in [5.41, 5.74) is 2.15. The van der Waals surface area contributed by atoms with Crippen molar-refractivity contribution in [3.05, 3.63) is 64.9 Å². The molecule has 0 aliphatic rings. The summed E-state index contributed by atoms with van der Waals surface area (Å²) in [7, 11) is 1.77. The van der Waals surface area contributed by atoms with Gasteiger partial charge in [0.15, 0.2) is 11.6 Å². The lowest BCUT2D eigenvalue weighted by Crippen LogP contribution is -1.94. The highest BCUT2D eigenvalue weighted by Crippen LogP contribution is 2.39. The number of thiophene rings is 1. The quantitative estimate of drug-likeness (QED) is 0.482. The zero-order chi connectivity index (χ0) is 19.1. The number of hydrogen-bond donors (Lipinski definition) is 1. The minimum absolute atomic E-state index is 0.198. The molecule has 2 aromatic heterocycles. The Morgan fingerprint density at radius 3 is 2.67 bits per heavy atom. The summed E-state index contributed by atoms with van der Waals surface area (Å²) in [6, 6.07) is 13.7. The van der Waals surface area contributed by atoms with Gasteiger partial charge in [0, 0.05) is 11.9 Å². The van der Waals surface area contributed by atoms with Crippen molar-refractivity contribution in [2.75, 3.05) is 0 Å². The van der Waals surface area contributed by atoms with E-state index in [1.165, 1.54) is 6.07 Å². The lowest BCUT2D eigenvalue weighted by molar-refractivity contribution is 0.475. The Hall–Kier alpha value is -2.70. The van der Waals surface area contributed by atoms with Gasteiger partial charge in [-0.3, -0.25) is 0 Å². The molecule has 0 saturated heterocycles. The highest BCUT2D eigenvalue weighted by molar-refractivity contribution is 7.19. The number of phenols is 1. The smallest absolute Gasteiger partial charge is 0.186 e. The first-order valence-electron chi connectivity index (χ1n) is 8.19. The van der Waals surface area contributed by atoms with Crippen molar-refractivity contribution < 1.29 is 9.50 Å². The normalized spacial score (nSPS) is 11.1. The Balaban J connectivity index is 1.80. The molecule has 0 aliphatic heterocycles. The fourth-order valence-electron chi connectivity index (χ4n) is 2.91. The van der Waals surface area contributed by atoms with Crippen molar-refractivity contribution in [2.24, 2.45) is 7.05 Å². The van der Waals surface area contributed by atoms with Crippen molar-refractivity contribution in [1.29, 1.82) is 0 Å². The second-order valence-corrected chi connectivity index (χ2v) is 7.61. The van der Waals surface area contributed by atoms with Crippen molar-refractivity contribution in [2.45, 2.75) is 6.92 Å². The number of aromatic nitrogens is 3. The van der Waals surface area contributed by atoms with Crippen LogP contribution in [0.1, 0.15) is 5.56 Å². The van der Waals surface area contributed by atoms with Gasteiger partial charge in [-0.1, -0.05) is 29.8 Å². The largest absolute Gasteiger partial charge is 0.508 e. The number of benzene rings is 2. The molecule has 0 aliphatic carbocycles. The molecule has 4 nitrogen and oxygen atoms in total. The molecule has 4 aromatic rings. The number of rotatable bonds is 3. The van der Waals surface area contributed by atoms with Gasteiger partial charge in [0.1, 0.15) is 11.6 Å². The molecule has 1 N–H and O–H groups in total. The van der Waals surface area contributed by atoms with E-state index in [-0.39, 0.29) is 22.2 Å². The minimum Gasteiger partial charge on any atom is -0.508 e. The third kappa shape index (κ3) is 3.22. The molecule has 136 valence electrons. The van der Waals surface area contributed by atoms with E-state index in [0.29, 0.717) is 5.82 Å². The molecule has 0 fully saturated rings. The molecule has 0 unspecified atom stereocenters. The van der Waals surface area contributed by atoms with Crippen LogP contribution in [-0.2, 0) is 7.05 Å². The Morgan fingerprint density at radius 2 is 1.93 bits per heavy atom. The van der Waals surface area contributed by atoms with Crippen LogP contribution >= 0.6 is 22.9 Å². The molecule has 27 heavy (non-hydrogen) atoms. The van der Waals surface area contributed by atoms with Gasteiger partial charge in [-0.2, -0.15) is 5.10 Å². The Kier molecular flexibility index (Phi) is 4.45. The number of aryl methyl sites for hydroxylation is 2. The standard InChI is InChI=1S/C20H15ClFN3OS/c1-11-9-16(12-5-3-6-13(26)10-12)27-18(11)20-23-19(24-25(20)2)17-14(21)7-4-8-15(17)22/h3-10,26H,1-2H3. The Morgan fingerprint density at radius 1 is 1.15 bits per heavy atom. The average Bonchev–Trinajstić information content (AvgIpc) is 3.17. The van der Waals surface area contributed by atoms with Crippen molar-refractivity contribution in [3.8, 4) is 38.3 Å². The number of phenolic OH excluding ortho intramolecular Hbond substituents is 1. The van der Waals surface area contributed by atoms with Crippen molar-refractivity contribution in [3.63, 3.8) is 0 Å². The maximum absolute atomic E-state index is 14.2. The first kappa shape index (κ1) is 17.7. The molecule has 0 radical (unpaired) electrons. The zero-order valence-corrected chi connectivity index (χ0v) is 16.1. The van der Waals surface area contributed by atoms with Crippen LogP contribution < -0.4 is 0 Å². The second-order valence-electron chi connectivity index (χ2n) is 6.15. The van der Waals surface area contributed by atoms with Crippen LogP contribution in [0.2, 0.25) is 5.02 Å². The molecule has 0 saturated carbocycles. The van der Waals surface area contributed by atoms with E-state index in [1.54, 1.807) is 53.4 Å². The maximum Gasteiger partial charge on any atom is 0.186 e. The van der Waals surface area contributed by atoms with Gasteiger partial charge in [0.2, 0.25) is 0 Å². The predicted molar refractivity (Wildman–Crippen MR) is 107 cm³/mol. The summed E-state index contributed by atoms with van der Waals surface area (Å²) >= 11 is 7.70. The van der Waals surface area contributed by atoms with E-state index in [9.17, 15) is 9.50 Å². The average molecular weight is 400 g/mol. The maximum atomic E-state index is 14.2. The lowest BCUT2D eigenvalue weighted by atomic mass is 10.1. The van der Waals surface area contributed by atoms with Crippen LogP contribution in [-0.4, -0.2) is 19.9 Å². The van der Waals surface area contributed by atoms with E-state index in [0.717, 1.165) is 20.9 Å². The van der Waals surface area contributed by atoms with E-state index in [4.69, 9.17) is 11.6 Å². The highest BCUT2D eigenvalue weighted by atomic mass is 35.5. The van der Waals surface area contributed by atoms with Gasteiger partial charge in [0.25, 0.3) is 0 Å². The van der Waals surface area contributed by atoms with Crippen molar-refractivity contribution in [1.82, 2.24) is 14.8 Å². The molecular formula is C20H15ClFN3OS. The molecule has 2 heterocycles. The molecule has 0 spiro atoms. The lowest BCUT2D eigenvalue weighted by Gasteiger charge is -2.00. The third-order valence-electron chi connectivity index (χ3n) is 4.20. The number of nitrogens with zero attached hydrogens (tertiary/aromatic N) is 3. The third-order valence-corrected chi connectivity index (χ3v) is 5.80. The van der Waals surface area contributed by atoms with Crippen LogP contribution in [0.3, 0.4) is 0 Å². The fraction of sp³-hybridized carbons (Fsp3) is 0.100. The molecule has 0 amide bonds. The fourth-order valence-corrected chi connectivity index (χ4v) is 4.34. The van der Waals surface area contributed by atoms with Crippen LogP contribution in [0.25, 0.3) is 32.5 Å². The van der Waals surface area contributed by atoms with E-state index < -0.39 is 5.82 Å². The minimum atomic E-state index is -0.456.